The number of ether oxygens (including phenoxy) is 1. The first-order valence-corrected chi connectivity index (χ1v) is 9.00. The summed E-state index contributed by atoms with van der Waals surface area (Å²) >= 11 is 1.54. The first-order chi connectivity index (χ1) is 11.9. The van der Waals surface area contributed by atoms with Crippen molar-refractivity contribution in [2.75, 3.05) is 12.0 Å². The average Bonchev–Trinajstić information content (AvgIpc) is 2.56. The fourth-order valence-electron chi connectivity index (χ4n) is 2.23. The molecule has 1 atom stereocenters. The summed E-state index contributed by atoms with van der Waals surface area (Å²) in [6, 6.07) is 3.26. The van der Waals surface area contributed by atoms with E-state index in [1.54, 1.807) is 12.3 Å². The van der Waals surface area contributed by atoms with Gasteiger partial charge in [-0.1, -0.05) is 6.07 Å². The van der Waals surface area contributed by atoms with E-state index < -0.39 is 18.0 Å². The summed E-state index contributed by atoms with van der Waals surface area (Å²) in [7, 11) is 0. The third kappa shape index (κ3) is 5.21. The summed E-state index contributed by atoms with van der Waals surface area (Å²) in [4.78, 5) is 39.6. The maximum atomic E-state index is 12.1. The lowest BCUT2D eigenvalue weighted by Crippen LogP contribution is -2.44. The average molecular weight is 364 g/mol. The van der Waals surface area contributed by atoms with E-state index >= 15 is 0 Å². The van der Waals surface area contributed by atoms with E-state index in [-0.39, 0.29) is 12.2 Å². The number of pyridine rings is 1. The lowest BCUT2D eigenvalue weighted by Gasteiger charge is -2.16. The minimum absolute atomic E-state index is 0.158. The normalized spacial score (nSPS) is 11.9. The Hall–Kier alpha value is -2.55. The molecule has 0 bridgehead atoms. The molecular formula is C16H20N4O4S. The van der Waals surface area contributed by atoms with E-state index in [1.807, 2.05) is 19.2 Å². The molecule has 2 aromatic rings. The Kier molecular flexibility index (Phi) is 6.40. The number of amides is 2. The maximum Gasteiger partial charge on any atom is 0.329 e. The largest absolute Gasteiger partial charge is 0.458 e. The van der Waals surface area contributed by atoms with Crippen LogP contribution in [0.4, 0.5) is 4.79 Å². The first-order valence-electron chi connectivity index (χ1n) is 7.61. The van der Waals surface area contributed by atoms with Crippen molar-refractivity contribution >= 4 is 29.4 Å². The SMILES string of the molecule is CSCC[C@H](NC(N)=O)C(=O)OCc1cc(=O)n2cc(C)ccc2n1. The van der Waals surface area contributed by atoms with Gasteiger partial charge in [0.1, 0.15) is 18.3 Å². The van der Waals surface area contributed by atoms with Crippen LogP contribution in [0.3, 0.4) is 0 Å². The van der Waals surface area contributed by atoms with Gasteiger partial charge in [0.2, 0.25) is 0 Å². The molecule has 0 aliphatic heterocycles. The summed E-state index contributed by atoms with van der Waals surface area (Å²) in [6.45, 7) is 1.72. The Bertz CT molecular complexity index is 836. The Labute approximate surface area is 148 Å². The second kappa shape index (κ2) is 8.52. The lowest BCUT2D eigenvalue weighted by atomic mass is 10.2. The van der Waals surface area contributed by atoms with E-state index in [0.29, 0.717) is 23.5 Å². The van der Waals surface area contributed by atoms with Gasteiger partial charge in [0.05, 0.1) is 5.69 Å². The Morgan fingerprint density at radius 3 is 2.88 bits per heavy atom. The number of rotatable bonds is 7. The van der Waals surface area contributed by atoms with Crippen molar-refractivity contribution in [1.29, 1.82) is 0 Å². The molecule has 0 aliphatic carbocycles. The van der Waals surface area contributed by atoms with Crippen LogP contribution in [-0.2, 0) is 16.1 Å². The van der Waals surface area contributed by atoms with Crippen LogP contribution in [-0.4, -0.2) is 39.4 Å². The molecular weight excluding hydrogens is 344 g/mol. The Balaban J connectivity index is 2.09. The summed E-state index contributed by atoms with van der Waals surface area (Å²) in [5.74, 6) is 0.0494. The van der Waals surface area contributed by atoms with Gasteiger partial charge in [0.25, 0.3) is 5.56 Å². The highest BCUT2D eigenvalue weighted by atomic mass is 32.2. The minimum atomic E-state index is -0.825. The van der Waals surface area contributed by atoms with Gasteiger partial charge in [-0.25, -0.2) is 14.6 Å². The number of esters is 1. The molecule has 0 aliphatic rings. The number of nitrogens with one attached hydrogen (secondary N) is 1. The molecule has 2 amide bonds. The van der Waals surface area contributed by atoms with Crippen molar-refractivity contribution in [2.45, 2.75) is 26.0 Å². The van der Waals surface area contributed by atoms with Crippen LogP contribution in [0.25, 0.3) is 5.65 Å². The maximum absolute atomic E-state index is 12.1. The van der Waals surface area contributed by atoms with Gasteiger partial charge in [-0.05, 0) is 37.0 Å². The Morgan fingerprint density at radius 1 is 1.44 bits per heavy atom. The number of aromatic nitrogens is 2. The number of carbonyl (C=O) groups excluding carboxylic acids is 2. The number of aryl methyl sites for hydroxylation is 1. The number of nitrogens with zero attached hydrogens (tertiary/aromatic N) is 2. The lowest BCUT2D eigenvalue weighted by molar-refractivity contribution is -0.147. The van der Waals surface area contributed by atoms with Crippen molar-refractivity contribution < 1.29 is 14.3 Å². The fraction of sp³-hybridized carbons (Fsp3) is 0.375. The van der Waals surface area contributed by atoms with E-state index in [0.717, 1.165) is 5.56 Å². The van der Waals surface area contributed by atoms with Gasteiger partial charge in [-0.15, -0.1) is 0 Å². The summed E-state index contributed by atoms with van der Waals surface area (Å²) in [5, 5.41) is 2.36. The molecule has 0 radical (unpaired) electrons. The zero-order valence-electron chi connectivity index (χ0n) is 14.0. The number of thioether (sulfide) groups is 1. The standard InChI is InChI=1S/C16H20N4O4S/c1-10-3-4-13-18-11(7-14(21)20(13)8-10)9-24-15(22)12(5-6-25-2)19-16(17)23/h3-4,7-8,12H,5-6,9H2,1-2H3,(H3,17,19,23)/t12-/m0/s1. The zero-order chi connectivity index (χ0) is 18.4. The highest BCUT2D eigenvalue weighted by Gasteiger charge is 2.21. The predicted octanol–water partition coefficient (Wildman–Crippen LogP) is 0.836. The number of primary amides is 1. The van der Waals surface area contributed by atoms with Gasteiger partial charge < -0.3 is 15.8 Å². The highest BCUT2D eigenvalue weighted by Crippen LogP contribution is 2.06. The van der Waals surface area contributed by atoms with Crippen molar-refractivity contribution in [3.8, 4) is 0 Å². The first kappa shape index (κ1) is 18.8. The molecule has 0 spiro atoms. The number of nitrogens with two attached hydrogens (primary N) is 1. The molecule has 0 saturated carbocycles. The monoisotopic (exact) mass is 364 g/mol. The number of fused-ring (bicyclic) bond motifs is 1. The molecule has 0 saturated heterocycles. The van der Waals surface area contributed by atoms with E-state index in [9.17, 15) is 14.4 Å². The molecule has 25 heavy (non-hydrogen) atoms. The Morgan fingerprint density at radius 2 is 2.20 bits per heavy atom. The molecule has 8 nitrogen and oxygen atoms in total. The molecule has 2 aromatic heterocycles. The van der Waals surface area contributed by atoms with Crippen LogP contribution in [0, 0.1) is 6.92 Å². The van der Waals surface area contributed by atoms with E-state index in [4.69, 9.17) is 10.5 Å². The topological polar surface area (TPSA) is 116 Å². The molecule has 2 heterocycles. The molecule has 0 aromatic carbocycles. The molecule has 0 fully saturated rings. The van der Waals surface area contributed by atoms with Gasteiger partial charge in [0, 0.05) is 12.3 Å². The fourth-order valence-corrected chi connectivity index (χ4v) is 2.71. The second-order valence-corrected chi connectivity index (χ2v) is 6.46. The van der Waals surface area contributed by atoms with Crippen molar-refractivity contribution in [3.05, 3.63) is 46.0 Å². The third-order valence-electron chi connectivity index (χ3n) is 3.43. The molecule has 3 N–H and O–H groups in total. The number of hydrogen-bond acceptors (Lipinski definition) is 6. The zero-order valence-corrected chi connectivity index (χ0v) is 14.8. The van der Waals surface area contributed by atoms with E-state index in [2.05, 4.69) is 10.3 Å². The number of urea groups is 1. The van der Waals surface area contributed by atoms with E-state index in [1.165, 1.54) is 22.2 Å². The third-order valence-corrected chi connectivity index (χ3v) is 4.08. The van der Waals surface area contributed by atoms with Crippen LogP contribution in [0.5, 0.6) is 0 Å². The van der Waals surface area contributed by atoms with Gasteiger partial charge in [-0.2, -0.15) is 11.8 Å². The van der Waals surface area contributed by atoms with Gasteiger partial charge in [0.15, 0.2) is 0 Å². The quantitative estimate of drug-likeness (QED) is 0.703. The van der Waals surface area contributed by atoms with Crippen molar-refractivity contribution in [2.24, 2.45) is 5.73 Å². The van der Waals surface area contributed by atoms with Crippen molar-refractivity contribution in [1.82, 2.24) is 14.7 Å². The summed E-state index contributed by atoms with van der Waals surface area (Å²) < 4.78 is 6.61. The minimum Gasteiger partial charge on any atom is -0.458 e. The summed E-state index contributed by atoms with van der Waals surface area (Å²) in [6.07, 6.45) is 3.98. The predicted molar refractivity (Wildman–Crippen MR) is 95.5 cm³/mol. The molecule has 2 rings (SSSR count). The number of carbonyl (C=O) groups is 2. The van der Waals surface area contributed by atoms with Crippen LogP contribution in [0.15, 0.2) is 29.2 Å². The van der Waals surface area contributed by atoms with Crippen LogP contribution >= 0.6 is 11.8 Å². The van der Waals surface area contributed by atoms with Gasteiger partial charge in [-0.3, -0.25) is 9.20 Å². The molecule has 9 heteroatoms. The summed E-state index contributed by atoms with van der Waals surface area (Å²) in [5.41, 5.74) is 6.57. The van der Waals surface area contributed by atoms with Crippen LogP contribution in [0.1, 0.15) is 17.7 Å². The second-order valence-electron chi connectivity index (χ2n) is 5.47. The molecule has 0 unspecified atom stereocenters. The van der Waals surface area contributed by atoms with Gasteiger partial charge >= 0.3 is 12.0 Å². The smallest absolute Gasteiger partial charge is 0.329 e. The van der Waals surface area contributed by atoms with Crippen LogP contribution in [0.2, 0.25) is 0 Å². The van der Waals surface area contributed by atoms with Crippen molar-refractivity contribution in [3.63, 3.8) is 0 Å². The van der Waals surface area contributed by atoms with Crippen LogP contribution < -0.4 is 16.6 Å². The molecule has 134 valence electrons. The highest BCUT2D eigenvalue weighted by molar-refractivity contribution is 7.98. The number of hydrogen-bond donors (Lipinski definition) is 2.